The van der Waals surface area contributed by atoms with Gasteiger partial charge in [-0.1, -0.05) is 33.6 Å². The first-order valence-corrected chi connectivity index (χ1v) is 6.65. The van der Waals surface area contributed by atoms with Crippen molar-refractivity contribution in [2.45, 2.75) is 6.61 Å². The van der Waals surface area contributed by atoms with Crippen LogP contribution in [0.5, 0.6) is 5.75 Å². The number of nitro groups is 1. The molecule has 7 heteroatoms. The van der Waals surface area contributed by atoms with E-state index in [1.165, 1.54) is 24.3 Å². The summed E-state index contributed by atoms with van der Waals surface area (Å²) in [4.78, 5) is 10.2. The number of nitrogens with zero attached hydrogens (tertiary/aromatic N) is 1. The molecule has 0 heterocycles. The third kappa shape index (κ3) is 3.46. The molecule has 0 saturated heterocycles. The summed E-state index contributed by atoms with van der Waals surface area (Å²) >= 11 is 8.92. The molecule has 0 bridgehead atoms. The predicted molar refractivity (Wildman–Crippen MR) is 76.5 cm³/mol. The normalized spacial score (nSPS) is 10.3. The van der Waals surface area contributed by atoms with Gasteiger partial charge in [0.2, 0.25) is 0 Å². The van der Waals surface area contributed by atoms with E-state index in [0.717, 1.165) is 0 Å². The van der Waals surface area contributed by atoms with Gasteiger partial charge in [0, 0.05) is 10.5 Å². The fraction of sp³-hybridized carbons (Fsp3) is 0.0769. The van der Waals surface area contributed by atoms with Crippen molar-refractivity contribution in [1.82, 2.24) is 0 Å². The average Bonchev–Trinajstić information content (AvgIpc) is 2.41. The number of ether oxygens (including phenoxy) is 1. The summed E-state index contributed by atoms with van der Waals surface area (Å²) in [7, 11) is 0. The molecule has 0 unspecified atom stereocenters. The lowest BCUT2D eigenvalue weighted by molar-refractivity contribution is -0.384. The molecule has 0 aliphatic heterocycles. The lowest BCUT2D eigenvalue weighted by Gasteiger charge is -2.08. The van der Waals surface area contributed by atoms with Gasteiger partial charge in [-0.2, -0.15) is 0 Å². The average molecular weight is 361 g/mol. The summed E-state index contributed by atoms with van der Waals surface area (Å²) in [6, 6.07) is 8.61. The van der Waals surface area contributed by atoms with E-state index in [1.54, 1.807) is 12.1 Å². The summed E-state index contributed by atoms with van der Waals surface area (Å²) < 4.78 is 19.5. The SMILES string of the molecule is O=[N+]([O-])c1cc(COc2cc(Br)ccc2F)ccc1Cl. The molecule has 0 fully saturated rings. The van der Waals surface area contributed by atoms with Crippen molar-refractivity contribution in [3.05, 3.63) is 67.4 Å². The van der Waals surface area contributed by atoms with Crippen LogP contribution >= 0.6 is 27.5 Å². The van der Waals surface area contributed by atoms with Crippen LogP contribution in [-0.2, 0) is 6.61 Å². The molecule has 0 N–H and O–H groups in total. The van der Waals surface area contributed by atoms with Gasteiger partial charge in [-0.15, -0.1) is 0 Å². The second-order valence-electron chi connectivity index (χ2n) is 3.91. The van der Waals surface area contributed by atoms with Gasteiger partial charge in [0.15, 0.2) is 11.6 Å². The van der Waals surface area contributed by atoms with Crippen LogP contribution in [0.2, 0.25) is 5.02 Å². The molecule has 0 radical (unpaired) electrons. The Morgan fingerprint density at radius 1 is 1.30 bits per heavy atom. The van der Waals surface area contributed by atoms with Crippen molar-refractivity contribution < 1.29 is 14.1 Å². The molecule has 0 spiro atoms. The molecule has 20 heavy (non-hydrogen) atoms. The van der Waals surface area contributed by atoms with Crippen LogP contribution in [0.25, 0.3) is 0 Å². The lowest BCUT2D eigenvalue weighted by Crippen LogP contribution is -1.99. The molecule has 4 nitrogen and oxygen atoms in total. The molecular weight excluding hydrogens is 353 g/mol. The highest BCUT2D eigenvalue weighted by Gasteiger charge is 2.13. The first-order chi connectivity index (χ1) is 9.47. The van der Waals surface area contributed by atoms with Crippen LogP contribution in [-0.4, -0.2) is 4.92 Å². The van der Waals surface area contributed by atoms with Crippen LogP contribution in [0.1, 0.15) is 5.56 Å². The van der Waals surface area contributed by atoms with Crippen molar-refractivity contribution >= 4 is 33.2 Å². The molecule has 104 valence electrons. The second-order valence-corrected chi connectivity index (χ2v) is 5.23. The van der Waals surface area contributed by atoms with Crippen molar-refractivity contribution in [2.75, 3.05) is 0 Å². The second kappa shape index (κ2) is 6.19. The van der Waals surface area contributed by atoms with Gasteiger partial charge in [-0.3, -0.25) is 10.1 Å². The summed E-state index contributed by atoms with van der Waals surface area (Å²) in [6.45, 7) is 0.00534. The Morgan fingerprint density at radius 2 is 2.05 bits per heavy atom. The Morgan fingerprint density at radius 3 is 2.75 bits per heavy atom. The lowest BCUT2D eigenvalue weighted by atomic mass is 10.2. The fourth-order valence-electron chi connectivity index (χ4n) is 1.54. The first kappa shape index (κ1) is 14.7. The van der Waals surface area contributed by atoms with Gasteiger partial charge in [-0.05, 0) is 29.8 Å². The van der Waals surface area contributed by atoms with Gasteiger partial charge < -0.3 is 4.74 Å². The zero-order valence-electron chi connectivity index (χ0n) is 9.98. The van der Waals surface area contributed by atoms with Gasteiger partial charge in [0.25, 0.3) is 5.69 Å². The summed E-state index contributed by atoms with van der Waals surface area (Å²) in [5.74, 6) is -0.436. The highest BCUT2D eigenvalue weighted by atomic mass is 79.9. The Bertz CT molecular complexity index is 666. The molecule has 0 saturated carbocycles. The van der Waals surface area contributed by atoms with Gasteiger partial charge in [0.1, 0.15) is 11.6 Å². The van der Waals surface area contributed by atoms with E-state index in [9.17, 15) is 14.5 Å². The Kier molecular flexibility index (Phi) is 4.57. The number of nitro benzene ring substituents is 1. The van der Waals surface area contributed by atoms with Crippen LogP contribution < -0.4 is 4.74 Å². The molecule has 0 atom stereocenters. The van der Waals surface area contributed by atoms with Crippen molar-refractivity contribution in [1.29, 1.82) is 0 Å². The molecule has 2 aromatic rings. The molecule has 2 rings (SSSR count). The van der Waals surface area contributed by atoms with E-state index in [2.05, 4.69) is 15.9 Å². The molecule has 0 amide bonds. The molecule has 0 aromatic heterocycles. The number of benzene rings is 2. The maximum atomic E-state index is 13.5. The first-order valence-electron chi connectivity index (χ1n) is 5.48. The standard InChI is InChI=1S/C13H8BrClFNO3/c14-9-2-4-11(16)13(6-9)20-7-8-1-3-10(15)12(5-8)17(18)19/h1-6H,7H2. The third-order valence-corrected chi connectivity index (χ3v) is 3.31. The van der Waals surface area contributed by atoms with E-state index in [-0.39, 0.29) is 23.1 Å². The van der Waals surface area contributed by atoms with Gasteiger partial charge in [-0.25, -0.2) is 4.39 Å². The van der Waals surface area contributed by atoms with Crippen LogP contribution in [0.3, 0.4) is 0 Å². The summed E-state index contributed by atoms with van der Waals surface area (Å²) in [5, 5.41) is 10.8. The van der Waals surface area contributed by atoms with E-state index in [1.807, 2.05) is 0 Å². The minimum absolute atomic E-state index is 0.00534. The minimum Gasteiger partial charge on any atom is -0.486 e. The van der Waals surface area contributed by atoms with Gasteiger partial charge >= 0.3 is 0 Å². The Labute approximate surface area is 127 Å². The van der Waals surface area contributed by atoms with E-state index < -0.39 is 10.7 Å². The highest BCUT2D eigenvalue weighted by molar-refractivity contribution is 9.10. The summed E-state index contributed by atoms with van der Waals surface area (Å²) in [6.07, 6.45) is 0. The Balaban J connectivity index is 2.17. The van der Waals surface area contributed by atoms with E-state index in [0.29, 0.717) is 10.0 Å². The number of halogens is 3. The van der Waals surface area contributed by atoms with Crippen molar-refractivity contribution in [3.63, 3.8) is 0 Å². The monoisotopic (exact) mass is 359 g/mol. The molecular formula is C13H8BrClFNO3. The summed E-state index contributed by atoms with van der Waals surface area (Å²) in [5.41, 5.74) is 0.322. The molecule has 2 aromatic carbocycles. The van der Waals surface area contributed by atoms with Crippen molar-refractivity contribution in [3.8, 4) is 5.75 Å². The third-order valence-electron chi connectivity index (χ3n) is 2.49. The van der Waals surface area contributed by atoms with E-state index in [4.69, 9.17) is 16.3 Å². The number of hydrogen-bond acceptors (Lipinski definition) is 3. The molecule has 0 aliphatic rings. The van der Waals surface area contributed by atoms with Crippen molar-refractivity contribution in [2.24, 2.45) is 0 Å². The highest BCUT2D eigenvalue weighted by Crippen LogP contribution is 2.27. The van der Waals surface area contributed by atoms with Crippen LogP contribution in [0, 0.1) is 15.9 Å². The quantitative estimate of drug-likeness (QED) is 0.585. The van der Waals surface area contributed by atoms with Gasteiger partial charge in [0.05, 0.1) is 4.92 Å². The fourth-order valence-corrected chi connectivity index (χ4v) is 2.06. The zero-order valence-corrected chi connectivity index (χ0v) is 12.3. The maximum absolute atomic E-state index is 13.5. The number of hydrogen-bond donors (Lipinski definition) is 0. The van der Waals surface area contributed by atoms with Crippen LogP contribution in [0.4, 0.5) is 10.1 Å². The zero-order chi connectivity index (χ0) is 14.7. The topological polar surface area (TPSA) is 52.4 Å². The predicted octanol–water partition coefficient (Wildman–Crippen LogP) is 4.73. The number of rotatable bonds is 4. The largest absolute Gasteiger partial charge is 0.486 e. The smallest absolute Gasteiger partial charge is 0.288 e. The maximum Gasteiger partial charge on any atom is 0.288 e. The minimum atomic E-state index is -0.578. The van der Waals surface area contributed by atoms with Crippen LogP contribution in [0.15, 0.2) is 40.9 Å². The molecule has 0 aliphatic carbocycles. The Hall–Kier alpha value is -1.66. The van der Waals surface area contributed by atoms with E-state index >= 15 is 0 Å².